The molecule has 0 spiro atoms. The van der Waals surface area contributed by atoms with Crippen molar-refractivity contribution in [1.29, 1.82) is 0 Å². The van der Waals surface area contributed by atoms with Gasteiger partial charge in [0.25, 0.3) is 5.91 Å². The maximum Gasteiger partial charge on any atom is 0.271 e. The molecule has 0 fully saturated rings. The van der Waals surface area contributed by atoms with E-state index in [2.05, 4.69) is 15.5 Å². The number of nitrogens with one attached hydrogen (secondary N) is 1. The number of hydrogen-bond acceptors (Lipinski definition) is 3. The molecule has 96 valence electrons. The average Bonchev–Trinajstić information content (AvgIpc) is 3.00. The van der Waals surface area contributed by atoms with Crippen LogP contribution < -0.4 is 5.32 Å². The summed E-state index contributed by atoms with van der Waals surface area (Å²) in [5.41, 5.74) is 0.433. The zero-order valence-corrected chi connectivity index (χ0v) is 10.6. The van der Waals surface area contributed by atoms with Gasteiger partial charge in [-0.05, 0) is 25.5 Å². The van der Waals surface area contributed by atoms with Crippen molar-refractivity contribution >= 4 is 5.91 Å². The second kappa shape index (κ2) is 5.48. The van der Waals surface area contributed by atoms with E-state index in [1.165, 1.54) is 0 Å². The van der Waals surface area contributed by atoms with Crippen LogP contribution in [0.15, 0.2) is 30.7 Å². The molecule has 2 aromatic rings. The summed E-state index contributed by atoms with van der Waals surface area (Å²) in [4.78, 5) is 11.8. The molecule has 0 saturated heterocycles. The molecule has 0 bridgehead atoms. The molecule has 2 aromatic heterocycles. The highest BCUT2D eigenvalue weighted by atomic mass is 16.2. The number of carbonyl (C=O) groups is 1. The highest BCUT2D eigenvalue weighted by molar-refractivity contribution is 5.92. The molecule has 0 aliphatic rings. The van der Waals surface area contributed by atoms with E-state index in [4.69, 9.17) is 0 Å². The Labute approximate surface area is 106 Å². The van der Waals surface area contributed by atoms with E-state index in [-0.39, 0.29) is 11.9 Å². The first-order valence-corrected chi connectivity index (χ1v) is 6.00. The van der Waals surface area contributed by atoms with E-state index in [0.717, 1.165) is 6.42 Å². The van der Waals surface area contributed by atoms with Crippen molar-refractivity contribution in [3.8, 4) is 0 Å². The van der Waals surface area contributed by atoms with Crippen LogP contribution in [0.3, 0.4) is 0 Å². The monoisotopic (exact) mass is 247 g/mol. The van der Waals surface area contributed by atoms with Crippen LogP contribution in [0.25, 0.3) is 0 Å². The van der Waals surface area contributed by atoms with Crippen LogP contribution in [0.1, 0.15) is 30.8 Å². The molecule has 0 aliphatic carbocycles. The standard InChI is InChI=1S/C12H17N5O/c1-3-10(2)14-12(18)11-5-8-17(15-11)9-16-7-4-6-13-16/h4-8,10H,3,9H2,1-2H3,(H,14,18). The first-order chi connectivity index (χ1) is 8.69. The Morgan fingerprint density at radius 3 is 2.94 bits per heavy atom. The molecule has 0 saturated carbocycles. The van der Waals surface area contributed by atoms with Crippen molar-refractivity contribution in [3.63, 3.8) is 0 Å². The van der Waals surface area contributed by atoms with Crippen molar-refractivity contribution in [3.05, 3.63) is 36.4 Å². The Bertz CT molecular complexity index is 502. The Morgan fingerprint density at radius 2 is 2.28 bits per heavy atom. The lowest BCUT2D eigenvalue weighted by molar-refractivity contribution is 0.0933. The van der Waals surface area contributed by atoms with Crippen molar-refractivity contribution in [2.45, 2.75) is 33.0 Å². The van der Waals surface area contributed by atoms with Gasteiger partial charge in [0.05, 0.1) is 0 Å². The van der Waals surface area contributed by atoms with Gasteiger partial charge >= 0.3 is 0 Å². The zero-order valence-electron chi connectivity index (χ0n) is 10.6. The molecule has 1 atom stereocenters. The van der Waals surface area contributed by atoms with Gasteiger partial charge in [0.15, 0.2) is 0 Å². The van der Waals surface area contributed by atoms with E-state index in [0.29, 0.717) is 12.4 Å². The maximum absolute atomic E-state index is 11.8. The van der Waals surface area contributed by atoms with Crippen LogP contribution in [0.4, 0.5) is 0 Å². The fraction of sp³-hybridized carbons (Fsp3) is 0.417. The topological polar surface area (TPSA) is 64.7 Å². The molecule has 1 N–H and O–H groups in total. The predicted octanol–water partition coefficient (Wildman–Crippen LogP) is 1.11. The van der Waals surface area contributed by atoms with E-state index >= 15 is 0 Å². The number of carbonyl (C=O) groups excluding carboxylic acids is 1. The Kier molecular flexibility index (Phi) is 3.76. The largest absolute Gasteiger partial charge is 0.348 e. The maximum atomic E-state index is 11.8. The van der Waals surface area contributed by atoms with Gasteiger partial charge in [-0.1, -0.05) is 6.92 Å². The highest BCUT2D eigenvalue weighted by Gasteiger charge is 2.11. The third-order valence-electron chi connectivity index (χ3n) is 2.71. The third kappa shape index (κ3) is 2.97. The summed E-state index contributed by atoms with van der Waals surface area (Å²) in [6.45, 7) is 4.50. The highest BCUT2D eigenvalue weighted by Crippen LogP contribution is 1.98. The molecule has 0 aliphatic heterocycles. The predicted molar refractivity (Wildman–Crippen MR) is 67.1 cm³/mol. The second-order valence-corrected chi connectivity index (χ2v) is 4.21. The van der Waals surface area contributed by atoms with Crippen molar-refractivity contribution < 1.29 is 4.79 Å². The van der Waals surface area contributed by atoms with E-state index in [1.807, 2.05) is 26.1 Å². The molecule has 18 heavy (non-hydrogen) atoms. The fourth-order valence-electron chi connectivity index (χ4n) is 1.49. The number of aromatic nitrogens is 4. The minimum Gasteiger partial charge on any atom is -0.348 e. The SMILES string of the molecule is CCC(C)NC(=O)c1ccn(Cn2cccn2)n1. The zero-order chi connectivity index (χ0) is 13.0. The van der Waals surface area contributed by atoms with Crippen LogP contribution in [0.5, 0.6) is 0 Å². The normalized spacial score (nSPS) is 12.3. The molecule has 6 heteroatoms. The van der Waals surface area contributed by atoms with E-state index in [9.17, 15) is 4.79 Å². The van der Waals surface area contributed by atoms with Crippen LogP contribution in [-0.2, 0) is 6.67 Å². The van der Waals surface area contributed by atoms with Gasteiger partial charge in [-0.2, -0.15) is 10.2 Å². The number of rotatable bonds is 5. The number of nitrogens with zero attached hydrogens (tertiary/aromatic N) is 4. The first-order valence-electron chi connectivity index (χ1n) is 6.00. The molecular formula is C12H17N5O. The van der Waals surface area contributed by atoms with Crippen LogP contribution in [0, 0.1) is 0 Å². The number of hydrogen-bond donors (Lipinski definition) is 1. The lowest BCUT2D eigenvalue weighted by Gasteiger charge is -2.09. The fourth-order valence-corrected chi connectivity index (χ4v) is 1.49. The molecule has 2 rings (SSSR count). The summed E-state index contributed by atoms with van der Waals surface area (Å²) in [6.07, 6.45) is 6.23. The minimum absolute atomic E-state index is 0.136. The van der Waals surface area contributed by atoms with E-state index < -0.39 is 0 Å². The van der Waals surface area contributed by atoms with Gasteiger partial charge in [0, 0.05) is 24.6 Å². The summed E-state index contributed by atoms with van der Waals surface area (Å²) in [7, 11) is 0. The van der Waals surface area contributed by atoms with Crippen molar-refractivity contribution in [1.82, 2.24) is 24.9 Å². The summed E-state index contributed by atoms with van der Waals surface area (Å²) in [5, 5.41) is 11.2. The smallest absolute Gasteiger partial charge is 0.271 e. The Morgan fingerprint density at radius 1 is 1.44 bits per heavy atom. The molecule has 0 aromatic carbocycles. The first kappa shape index (κ1) is 12.3. The van der Waals surface area contributed by atoms with Crippen molar-refractivity contribution in [2.24, 2.45) is 0 Å². The van der Waals surface area contributed by atoms with Crippen molar-refractivity contribution in [2.75, 3.05) is 0 Å². The van der Waals surface area contributed by atoms with E-state index in [1.54, 1.807) is 27.8 Å². The van der Waals surface area contributed by atoms with Crippen LogP contribution in [0.2, 0.25) is 0 Å². The lowest BCUT2D eigenvalue weighted by Crippen LogP contribution is -2.32. The second-order valence-electron chi connectivity index (χ2n) is 4.21. The molecular weight excluding hydrogens is 230 g/mol. The van der Waals surface area contributed by atoms with Gasteiger partial charge in [0.1, 0.15) is 12.4 Å². The summed E-state index contributed by atoms with van der Waals surface area (Å²) < 4.78 is 3.42. The molecule has 1 unspecified atom stereocenters. The minimum atomic E-state index is -0.136. The summed E-state index contributed by atoms with van der Waals surface area (Å²) in [6, 6.07) is 3.72. The van der Waals surface area contributed by atoms with Gasteiger partial charge in [-0.3, -0.25) is 14.2 Å². The quantitative estimate of drug-likeness (QED) is 0.861. The van der Waals surface area contributed by atoms with Gasteiger partial charge in [0.2, 0.25) is 0 Å². The van der Waals surface area contributed by atoms with Crippen LogP contribution in [-0.4, -0.2) is 31.5 Å². The summed E-state index contributed by atoms with van der Waals surface area (Å²) in [5.74, 6) is -0.136. The summed E-state index contributed by atoms with van der Waals surface area (Å²) >= 11 is 0. The molecule has 0 radical (unpaired) electrons. The Balaban J connectivity index is 1.99. The lowest BCUT2D eigenvalue weighted by atomic mass is 10.2. The van der Waals surface area contributed by atoms with Gasteiger partial charge in [-0.15, -0.1) is 0 Å². The van der Waals surface area contributed by atoms with Gasteiger partial charge < -0.3 is 5.32 Å². The average molecular weight is 247 g/mol. The Hall–Kier alpha value is -2.11. The van der Waals surface area contributed by atoms with Gasteiger partial charge in [-0.25, -0.2) is 0 Å². The number of amides is 1. The van der Waals surface area contributed by atoms with Crippen LogP contribution >= 0.6 is 0 Å². The molecule has 6 nitrogen and oxygen atoms in total. The molecule has 1 amide bonds. The third-order valence-corrected chi connectivity index (χ3v) is 2.71. The molecule has 2 heterocycles.